The van der Waals surface area contributed by atoms with Crippen molar-refractivity contribution in [2.24, 2.45) is 5.41 Å². The van der Waals surface area contributed by atoms with Crippen LogP contribution in [0.2, 0.25) is 0 Å². The van der Waals surface area contributed by atoms with Gasteiger partial charge in [-0.05, 0) is 50.6 Å². The molecule has 0 radical (unpaired) electrons. The Hall–Kier alpha value is -5.73. The number of H-pyrrole nitrogens is 1. The Morgan fingerprint density at radius 3 is 2.62 bits per heavy atom. The molecule has 0 spiro atoms. The number of ether oxygens (including phenoxy) is 2. The van der Waals surface area contributed by atoms with E-state index in [2.05, 4.69) is 20.3 Å². The lowest BCUT2D eigenvalue weighted by atomic mass is 9.94. The number of hydrogen-bond acceptors (Lipinski definition) is 11. The predicted molar refractivity (Wildman–Crippen MR) is 157 cm³/mol. The number of nitrogen functional groups attached to an aromatic ring is 1. The Balaban J connectivity index is 1.40. The zero-order valence-electron chi connectivity index (χ0n) is 24.8. The molecule has 232 valence electrons. The quantitative estimate of drug-likeness (QED) is 0.203. The van der Waals surface area contributed by atoms with E-state index in [1.54, 1.807) is 45.0 Å². The lowest BCUT2D eigenvalue weighted by molar-refractivity contribution is -0.158. The van der Waals surface area contributed by atoms with E-state index in [1.807, 2.05) is 0 Å². The van der Waals surface area contributed by atoms with Crippen molar-refractivity contribution in [1.82, 2.24) is 30.1 Å². The number of carbonyl (C=O) groups excluding carboxylic acids is 4. The first kappa shape index (κ1) is 29.3. The van der Waals surface area contributed by atoms with E-state index >= 15 is 0 Å². The van der Waals surface area contributed by atoms with Crippen LogP contribution in [0, 0.1) is 5.41 Å². The van der Waals surface area contributed by atoms with Crippen molar-refractivity contribution in [3.63, 3.8) is 0 Å². The molecule has 0 bridgehead atoms. The number of nitrogens with zero attached hydrogens (tertiary/aromatic N) is 4. The molecular formula is C30H29N7O8. The van der Waals surface area contributed by atoms with Gasteiger partial charge in [0.1, 0.15) is 11.5 Å². The topological polar surface area (TPSA) is 203 Å². The molecule has 45 heavy (non-hydrogen) atoms. The first-order chi connectivity index (χ1) is 21.3. The molecule has 6 rings (SSSR count). The number of nitrogens with two attached hydrogens (primary N) is 1. The average Bonchev–Trinajstić information content (AvgIpc) is 3.62. The second-order valence-electron chi connectivity index (χ2n) is 11.8. The first-order valence-corrected chi connectivity index (χ1v) is 13.8. The van der Waals surface area contributed by atoms with Gasteiger partial charge in [0.25, 0.3) is 17.4 Å². The molecule has 3 aromatic heterocycles. The molecule has 1 fully saturated rings. The maximum atomic E-state index is 14.2. The fourth-order valence-electron chi connectivity index (χ4n) is 5.22. The number of carbonyl (C=O) groups is 4. The van der Waals surface area contributed by atoms with Gasteiger partial charge >= 0.3 is 12.0 Å². The third-order valence-electron chi connectivity index (χ3n) is 7.59. The van der Waals surface area contributed by atoms with Crippen LogP contribution < -0.4 is 21.3 Å². The molecule has 1 aromatic carbocycles. The lowest BCUT2D eigenvalue weighted by Crippen LogP contribution is -2.52. The number of imide groups is 1. The number of aromatic nitrogens is 3. The van der Waals surface area contributed by atoms with Gasteiger partial charge in [0.15, 0.2) is 12.3 Å². The minimum Gasteiger partial charge on any atom is -0.497 e. The largest absolute Gasteiger partial charge is 0.497 e. The van der Waals surface area contributed by atoms with Crippen LogP contribution in [-0.2, 0) is 26.4 Å². The van der Waals surface area contributed by atoms with E-state index in [9.17, 15) is 24.0 Å². The number of nitrogens with one attached hydrogen (secondary N) is 2. The maximum absolute atomic E-state index is 14.2. The number of furan rings is 1. The highest BCUT2D eigenvalue weighted by Crippen LogP contribution is 2.37. The molecule has 0 unspecified atom stereocenters. The number of fused-ring (bicyclic) bond motifs is 2. The van der Waals surface area contributed by atoms with Crippen molar-refractivity contribution in [3.05, 3.63) is 69.8 Å². The van der Waals surface area contributed by atoms with Crippen molar-refractivity contribution in [2.45, 2.75) is 32.9 Å². The molecule has 15 heteroatoms. The number of methoxy groups -OCH3 is 1. The fourth-order valence-corrected chi connectivity index (χ4v) is 5.22. The van der Waals surface area contributed by atoms with E-state index in [4.69, 9.17) is 19.6 Å². The standard InChI is InChI=1S/C30H29N7O8/c1-29(2,3)26(41)44-14-37-25(40)30(35-28(37)42,13-36-12-15-5-6-18(43-4)9-19(15)24(36)39)21-8-16-7-17(11-32-23(16)45-21)20-10-22(38)34-27(31)33-20/h5-11H,12-14H2,1-4H3,(H,35,42)(H3,31,33,34,38)/t30-/m0/s1. The van der Waals surface area contributed by atoms with E-state index in [1.165, 1.54) is 30.3 Å². The Bertz CT molecular complexity index is 1960. The van der Waals surface area contributed by atoms with Gasteiger partial charge in [0.05, 0.1) is 24.8 Å². The zero-order valence-corrected chi connectivity index (χ0v) is 24.8. The monoisotopic (exact) mass is 615 g/mol. The summed E-state index contributed by atoms with van der Waals surface area (Å²) >= 11 is 0. The molecule has 4 aromatic rings. The minimum absolute atomic E-state index is 0.00938. The summed E-state index contributed by atoms with van der Waals surface area (Å²) in [6, 6.07) is 8.66. The van der Waals surface area contributed by atoms with E-state index in [0.29, 0.717) is 27.8 Å². The number of rotatable bonds is 7. The molecule has 15 nitrogen and oxygen atoms in total. The molecule has 0 aliphatic carbocycles. The number of amides is 4. The van der Waals surface area contributed by atoms with Crippen LogP contribution in [-0.4, -0.2) is 69.0 Å². The van der Waals surface area contributed by atoms with Gasteiger partial charge in [-0.1, -0.05) is 6.07 Å². The van der Waals surface area contributed by atoms with Gasteiger partial charge in [-0.3, -0.25) is 24.2 Å². The summed E-state index contributed by atoms with van der Waals surface area (Å²) in [7, 11) is 1.49. The van der Waals surface area contributed by atoms with Crippen molar-refractivity contribution in [2.75, 3.05) is 26.1 Å². The van der Waals surface area contributed by atoms with Crippen LogP contribution in [0.15, 0.2) is 51.8 Å². The molecule has 2 aliphatic rings. The van der Waals surface area contributed by atoms with Crippen molar-refractivity contribution in [3.8, 4) is 17.0 Å². The summed E-state index contributed by atoms with van der Waals surface area (Å²) < 4.78 is 16.6. The molecular weight excluding hydrogens is 586 g/mol. The summed E-state index contributed by atoms with van der Waals surface area (Å²) in [6.45, 7) is 4.12. The molecule has 5 heterocycles. The highest BCUT2D eigenvalue weighted by molar-refractivity contribution is 6.08. The van der Waals surface area contributed by atoms with Crippen molar-refractivity contribution < 1.29 is 33.1 Å². The van der Waals surface area contributed by atoms with Crippen molar-refractivity contribution in [1.29, 1.82) is 0 Å². The molecule has 4 N–H and O–H groups in total. The average molecular weight is 616 g/mol. The van der Waals surface area contributed by atoms with Crippen LogP contribution in [0.25, 0.3) is 22.4 Å². The second kappa shape index (κ2) is 10.5. The first-order valence-electron chi connectivity index (χ1n) is 13.8. The SMILES string of the molecule is COc1ccc2c(c1)C(=O)N(C[C@@]1(c3cc4cc(-c5cc(=O)[nH]c(N)n5)cnc4o3)NC(=O)N(COC(=O)C(C)(C)C)C1=O)C2. The summed E-state index contributed by atoms with van der Waals surface area (Å²) in [5.74, 6) is -1.38. The van der Waals surface area contributed by atoms with E-state index in [-0.39, 0.29) is 42.1 Å². The smallest absolute Gasteiger partial charge is 0.328 e. The van der Waals surface area contributed by atoms with Gasteiger partial charge in [-0.2, -0.15) is 0 Å². The van der Waals surface area contributed by atoms with Crippen molar-refractivity contribution >= 4 is 40.9 Å². The highest BCUT2D eigenvalue weighted by atomic mass is 16.5. The van der Waals surface area contributed by atoms with E-state index < -0.39 is 41.2 Å². The van der Waals surface area contributed by atoms with Crippen LogP contribution in [0.4, 0.5) is 10.7 Å². The Kier molecular flexibility index (Phi) is 6.83. The summed E-state index contributed by atoms with van der Waals surface area (Å²) in [5, 5.41) is 3.12. The third-order valence-corrected chi connectivity index (χ3v) is 7.59. The van der Waals surface area contributed by atoms with Gasteiger partial charge in [0, 0.05) is 35.3 Å². The number of pyridine rings is 1. The van der Waals surface area contributed by atoms with Gasteiger partial charge < -0.3 is 29.8 Å². The number of esters is 1. The minimum atomic E-state index is -1.90. The zero-order chi connectivity index (χ0) is 32.3. The molecule has 4 amide bonds. The summed E-state index contributed by atoms with van der Waals surface area (Å²) in [4.78, 5) is 78.4. The number of hydrogen-bond donors (Lipinski definition) is 3. The third kappa shape index (κ3) is 5.11. The number of benzene rings is 1. The van der Waals surface area contributed by atoms with Gasteiger partial charge in [-0.25, -0.2) is 19.7 Å². The predicted octanol–water partition coefficient (Wildman–Crippen LogP) is 2.12. The molecule has 2 aliphatic heterocycles. The molecule has 1 atom stereocenters. The maximum Gasteiger partial charge on any atom is 0.328 e. The van der Waals surface area contributed by atoms with Crippen LogP contribution >= 0.6 is 0 Å². The number of anilines is 1. The normalized spacial score (nSPS) is 18.0. The Labute approximate surface area is 255 Å². The van der Waals surface area contributed by atoms with Crippen LogP contribution in [0.3, 0.4) is 0 Å². The fraction of sp³-hybridized carbons (Fsp3) is 0.300. The summed E-state index contributed by atoms with van der Waals surface area (Å²) in [6.07, 6.45) is 1.42. The van der Waals surface area contributed by atoms with Gasteiger partial charge in [0.2, 0.25) is 11.7 Å². The second-order valence-corrected chi connectivity index (χ2v) is 11.8. The Morgan fingerprint density at radius 1 is 1.13 bits per heavy atom. The number of aromatic amines is 1. The molecule has 0 saturated carbocycles. The van der Waals surface area contributed by atoms with Gasteiger partial charge in [-0.15, -0.1) is 0 Å². The Morgan fingerprint density at radius 2 is 1.91 bits per heavy atom. The summed E-state index contributed by atoms with van der Waals surface area (Å²) in [5.41, 5.74) is 4.40. The lowest BCUT2D eigenvalue weighted by Gasteiger charge is -2.29. The molecule has 1 saturated heterocycles. The van der Waals surface area contributed by atoms with Crippen LogP contribution in [0.1, 0.15) is 42.5 Å². The highest BCUT2D eigenvalue weighted by Gasteiger charge is 2.57. The van der Waals surface area contributed by atoms with E-state index in [0.717, 1.165) is 4.90 Å². The number of urea groups is 1. The van der Waals surface area contributed by atoms with Crippen LogP contribution in [0.5, 0.6) is 5.75 Å².